The zero-order chi connectivity index (χ0) is 36.0. The smallest absolute Gasteiger partial charge is 0.235 e. The Bertz CT molecular complexity index is 3480. The number of aromatic nitrogens is 4. The Hall–Kier alpha value is -7.08. The van der Waals surface area contributed by atoms with E-state index in [0.29, 0.717) is 5.95 Å². The minimum Gasteiger partial charge on any atom is -0.309 e. The van der Waals surface area contributed by atoms with E-state index in [4.69, 9.17) is 9.97 Å². The first-order valence-corrected chi connectivity index (χ1v) is 19.5. The van der Waals surface area contributed by atoms with Crippen molar-refractivity contribution >= 4 is 86.7 Å². The molecule has 4 aromatic heterocycles. The van der Waals surface area contributed by atoms with Crippen LogP contribution in [0.5, 0.6) is 0 Å². The van der Waals surface area contributed by atoms with Crippen LogP contribution in [0.3, 0.4) is 0 Å². The molecular weight excluding hydrogens is 689 g/mol. The number of fused-ring (bicyclic) bond motifs is 10. The van der Waals surface area contributed by atoms with Gasteiger partial charge in [0.2, 0.25) is 5.95 Å². The summed E-state index contributed by atoms with van der Waals surface area (Å²) in [5.74, 6) is 0.665. The summed E-state index contributed by atoms with van der Waals surface area (Å²) in [6.45, 7) is 0. The van der Waals surface area contributed by atoms with Gasteiger partial charge in [-0.05, 0) is 93.3 Å². The summed E-state index contributed by atoms with van der Waals surface area (Å²) in [6.07, 6.45) is 0. The molecular formula is C50H30N4S. The van der Waals surface area contributed by atoms with Crippen LogP contribution in [0.2, 0.25) is 0 Å². The Labute approximate surface area is 319 Å². The van der Waals surface area contributed by atoms with Crippen LogP contribution in [0.1, 0.15) is 0 Å². The lowest BCUT2D eigenvalue weighted by molar-refractivity contribution is 1.02. The molecule has 0 saturated carbocycles. The zero-order valence-electron chi connectivity index (χ0n) is 29.5. The molecule has 4 nitrogen and oxygen atoms in total. The van der Waals surface area contributed by atoms with Gasteiger partial charge in [0, 0.05) is 42.9 Å². The van der Waals surface area contributed by atoms with Gasteiger partial charge in [0.05, 0.1) is 33.3 Å². The van der Waals surface area contributed by atoms with Crippen molar-refractivity contribution in [1.29, 1.82) is 0 Å². The van der Waals surface area contributed by atoms with Gasteiger partial charge in [-0.3, -0.25) is 4.57 Å². The van der Waals surface area contributed by atoms with E-state index < -0.39 is 0 Å². The molecule has 0 atom stereocenters. The molecule has 8 aromatic carbocycles. The summed E-state index contributed by atoms with van der Waals surface area (Å²) in [4.78, 5) is 10.8. The first-order valence-electron chi connectivity index (χ1n) is 18.6. The summed E-state index contributed by atoms with van der Waals surface area (Å²) in [5, 5.41) is 11.7. The number of thiophene rings is 1. The minimum atomic E-state index is 0.665. The maximum absolute atomic E-state index is 5.47. The molecule has 256 valence electrons. The third-order valence-electron chi connectivity index (χ3n) is 11.2. The van der Waals surface area contributed by atoms with Crippen LogP contribution in [-0.2, 0) is 0 Å². The first kappa shape index (κ1) is 30.4. The van der Waals surface area contributed by atoms with Crippen LogP contribution in [-0.4, -0.2) is 19.1 Å². The van der Waals surface area contributed by atoms with Gasteiger partial charge in [-0.2, -0.15) is 0 Å². The second-order valence-electron chi connectivity index (χ2n) is 14.2. The number of hydrogen-bond donors (Lipinski definition) is 0. The van der Waals surface area contributed by atoms with Gasteiger partial charge in [-0.25, -0.2) is 9.97 Å². The molecule has 0 aliphatic carbocycles. The van der Waals surface area contributed by atoms with Gasteiger partial charge in [0.25, 0.3) is 0 Å². The minimum absolute atomic E-state index is 0.665. The lowest BCUT2D eigenvalue weighted by Gasteiger charge is -2.13. The highest BCUT2D eigenvalue weighted by Crippen LogP contribution is 2.42. The van der Waals surface area contributed by atoms with Crippen LogP contribution >= 0.6 is 11.3 Å². The normalized spacial score (nSPS) is 12.0. The monoisotopic (exact) mass is 718 g/mol. The molecule has 0 N–H and O–H groups in total. The summed E-state index contributed by atoms with van der Waals surface area (Å²) in [7, 11) is 0. The molecule has 0 amide bonds. The highest BCUT2D eigenvalue weighted by Gasteiger charge is 2.21. The molecule has 12 rings (SSSR count). The molecule has 12 aromatic rings. The topological polar surface area (TPSA) is 35.6 Å². The van der Waals surface area contributed by atoms with Crippen molar-refractivity contribution in [3.8, 4) is 34.0 Å². The molecule has 0 unspecified atom stereocenters. The molecule has 0 fully saturated rings. The van der Waals surface area contributed by atoms with Crippen molar-refractivity contribution in [3.63, 3.8) is 0 Å². The van der Waals surface area contributed by atoms with E-state index in [0.717, 1.165) is 38.9 Å². The maximum Gasteiger partial charge on any atom is 0.235 e. The molecule has 0 spiro atoms. The van der Waals surface area contributed by atoms with Crippen LogP contribution in [0.15, 0.2) is 181 Å². The maximum atomic E-state index is 5.47. The van der Waals surface area contributed by atoms with Gasteiger partial charge in [0.1, 0.15) is 0 Å². The van der Waals surface area contributed by atoms with Crippen molar-refractivity contribution < 1.29 is 0 Å². The SMILES string of the molecule is c1ccc(-c2nc(-n3c4ccc(-c5cccc6c5c5ccccc5n6-c5ccccc5)cc4c4cc5ccccc5cc43)nc3ccc4ccsc4c23)cc1. The van der Waals surface area contributed by atoms with Crippen LogP contribution in [0.25, 0.3) is 109 Å². The number of benzene rings is 8. The van der Waals surface area contributed by atoms with Crippen LogP contribution in [0, 0.1) is 0 Å². The van der Waals surface area contributed by atoms with Gasteiger partial charge in [0.15, 0.2) is 0 Å². The van der Waals surface area contributed by atoms with E-state index >= 15 is 0 Å². The van der Waals surface area contributed by atoms with Crippen molar-refractivity contribution in [1.82, 2.24) is 19.1 Å². The molecule has 0 aliphatic rings. The third-order valence-corrected chi connectivity index (χ3v) is 12.1. The Balaban J connectivity index is 1.16. The Morgan fingerprint density at radius 3 is 2.02 bits per heavy atom. The standard InChI is InChI=1S/C50H30N4S/c1-3-12-31(13-4-1)48-47-41(24-22-32-26-27-55-49(32)47)51-50(52-48)54-43-25-23-35(29-39(43)40-28-33-14-7-8-15-34(33)30-45(40)54)37-19-11-21-44-46(37)38-18-9-10-20-42(38)53(44)36-16-5-2-6-17-36/h1-30H. The van der Waals surface area contributed by atoms with E-state index in [-0.39, 0.29) is 0 Å². The highest BCUT2D eigenvalue weighted by molar-refractivity contribution is 7.18. The summed E-state index contributed by atoms with van der Waals surface area (Å²) in [6, 6.07) is 63.3. The number of nitrogens with zero attached hydrogens (tertiary/aromatic N) is 4. The number of hydrogen-bond acceptors (Lipinski definition) is 3. The lowest BCUT2D eigenvalue weighted by Crippen LogP contribution is -2.03. The van der Waals surface area contributed by atoms with E-state index in [2.05, 4.69) is 190 Å². The van der Waals surface area contributed by atoms with Gasteiger partial charge >= 0.3 is 0 Å². The van der Waals surface area contributed by atoms with E-state index in [1.54, 1.807) is 11.3 Å². The second-order valence-corrected chi connectivity index (χ2v) is 15.1. The van der Waals surface area contributed by atoms with Crippen molar-refractivity contribution in [2.45, 2.75) is 0 Å². The number of para-hydroxylation sites is 2. The molecule has 5 heteroatoms. The number of rotatable bonds is 4. The predicted octanol–water partition coefficient (Wildman–Crippen LogP) is 13.5. The Morgan fingerprint density at radius 2 is 1.15 bits per heavy atom. The Morgan fingerprint density at radius 1 is 0.418 bits per heavy atom. The van der Waals surface area contributed by atoms with Crippen molar-refractivity contribution in [2.24, 2.45) is 0 Å². The quantitative estimate of drug-likeness (QED) is 0.182. The lowest BCUT2D eigenvalue weighted by atomic mass is 9.97. The fraction of sp³-hybridized carbons (Fsp3) is 0. The van der Waals surface area contributed by atoms with Crippen molar-refractivity contribution in [2.75, 3.05) is 0 Å². The van der Waals surface area contributed by atoms with Crippen LogP contribution < -0.4 is 0 Å². The molecule has 0 radical (unpaired) electrons. The van der Waals surface area contributed by atoms with E-state index in [1.807, 2.05) is 0 Å². The molecule has 0 saturated heterocycles. The molecule has 55 heavy (non-hydrogen) atoms. The zero-order valence-corrected chi connectivity index (χ0v) is 30.3. The average Bonchev–Trinajstić information content (AvgIpc) is 3.95. The van der Waals surface area contributed by atoms with Crippen LogP contribution in [0.4, 0.5) is 0 Å². The third kappa shape index (κ3) is 4.51. The average molecular weight is 719 g/mol. The van der Waals surface area contributed by atoms with Gasteiger partial charge < -0.3 is 4.57 Å². The van der Waals surface area contributed by atoms with Gasteiger partial charge in [-0.15, -0.1) is 11.3 Å². The fourth-order valence-electron chi connectivity index (χ4n) is 8.74. The summed E-state index contributed by atoms with van der Waals surface area (Å²) in [5.41, 5.74) is 11.0. The molecule has 4 heterocycles. The first-order chi connectivity index (χ1) is 27.3. The van der Waals surface area contributed by atoms with E-state index in [9.17, 15) is 0 Å². The highest BCUT2D eigenvalue weighted by atomic mass is 32.1. The Kier molecular flexibility index (Phi) is 6.47. The molecule has 0 aliphatic heterocycles. The summed E-state index contributed by atoms with van der Waals surface area (Å²) >= 11 is 1.75. The predicted molar refractivity (Wildman–Crippen MR) is 232 cm³/mol. The fourth-order valence-corrected chi connectivity index (χ4v) is 9.68. The van der Waals surface area contributed by atoms with E-state index in [1.165, 1.54) is 64.6 Å². The largest absolute Gasteiger partial charge is 0.309 e. The molecule has 0 bridgehead atoms. The van der Waals surface area contributed by atoms with Crippen molar-refractivity contribution in [3.05, 3.63) is 181 Å². The summed E-state index contributed by atoms with van der Waals surface area (Å²) < 4.78 is 5.87. The second kappa shape index (κ2) is 11.7. The van der Waals surface area contributed by atoms with Gasteiger partial charge in [-0.1, -0.05) is 115 Å².